The van der Waals surface area contributed by atoms with E-state index in [4.69, 9.17) is 0 Å². The Bertz CT molecular complexity index is 429. The lowest BCUT2D eigenvalue weighted by Crippen LogP contribution is -2.26. The van der Waals surface area contributed by atoms with Crippen molar-refractivity contribution in [2.75, 3.05) is 13.6 Å². The summed E-state index contributed by atoms with van der Waals surface area (Å²) in [6.45, 7) is 11.2. The molecule has 0 heterocycles. The van der Waals surface area contributed by atoms with Gasteiger partial charge in [0.05, 0.1) is 0 Å². The Labute approximate surface area is 111 Å². The number of likely N-dealkylation sites (N-methyl/N-ethyl adjacent to an activating group) is 1. The van der Waals surface area contributed by atoms with E-state index in [2.05, 4.69) is 45.9 Å². The summed E-state index contributed by atoms with van der Waals surface area (Å²) in [5.74, 6) is 0.124. The molecule has 0 aromatic heterocycles. The maximum Gasteiger partial charge on any atom is 0.219 e. The normalized spacial score (nSPS) is 11.4. The van der Waals surface area contributed by atoms with E-state index in [0.29, 0.717) is 0 Å². The van der Waals surface area contributed by atoms with E-state index in [1.165, 1.54) is 16.7 Å². The molecule has 0 aliphatic heterocycles. The van der Waals surface area contributed by atoms with Gasteiger partial charge in [-0.25, -0.2) is 0 Å². The maximum absolute atomic E-state index is 11.2. The fourth-order valence-corrected chi connectivity index (χ4v) is 1.89. The van der Waals surface area contributed by atoms with Crippen molar-refractivity contribution in [1.82, 2.24) is 4.90 Å². The molecule has 0 fully saturated rings. The molecule has 1 rings (SSSR count). The predicted octanol–water partition coefficient (Wildman–Crippen LogP) is 3.31. The van der Waals surface area contributed by atoms with Crippen LogP contribution in [0, 0.1) is 6.92 Å². The van der Waals surface area contributed by atoms with Crippen LogP contribution in [-0.2, 0) is 16.6 Å². The number of carbonyl (C=O) groups is 1. The summed E-state index contributed by atoms with van der Waals surface area (Å²) in [6, 6.07) is 6.67. The molecular formula is C16H25NO. The lowest BCUT2D eigenvalue weighted by atomic mass is 9.85. The highest BCUT2D eigenvalue weighted by atomic mass is 16.2. The number of carbonyl (C=O) groups excluding carboxylic acids is 1. The lowest BCUT2D eigenvalue weighted by molar-refractivity contribution is -0.127. The van der Waals surface area contributed by atoms with Gasteiger partial charge in [-0.05, 0) is 35.4 Å². The molecule has 0 bridgehead atoms. The zero-order valence-electron chi connectivity index (χ0n) is 12.5. The minimum atomic E-state index is 0.124. The topological polar surface area (TPSA) is 20.3 Å². The Morgan fingerprint density at radius 1 is 1.28 bits per heavy atom. The standard InChI is InChI=1S/C16H25NO/c1-12-11-15(16(3,4)5)8-7-14(12)9-10-17(6)13(2)18/h7-8,11H,9-10H2,1-6H3. The van der Waals surface area contributed by atoms with E-state index in [1.54, 1.807) is 11.8 Å². The van der Waals surface area contributed by atoms with Crippen LogP contribution in [0.5, 0.6) is 0 Å². The fraction of sp³-hybridized carbons (Fsp3) is 0.562. The highest BCUT2D eigenvalue weighted by molar-refractivity contribution is 5.72. The third kappa shape index (κ3) is 3.86. The SMILES string of the molecule is CC(=O)N(C)CCc1ccc(C(C)(C)C)cc1C. The first-order valence-corrected chi connectivity index (χ1v) is 6.53. The van der Waals surface area contributed by atoms with Crippen LogP contribution >= 0.6 is 0 Å². The van der Waals surface area contributed by atoms with Crippen LogP contribution in [0.4, 0.5) is 0 Å². The molecule has 0 spiro atoms. The number of rotatable bonds is 3. The summed E-state index contributed by atoms with van der Waals surface area (Å²) < 4.78 is 0. The molecule has 0 aliphatic rings. The third-order valence-electron chi connectivity index (χ3n) is 3.46. The molecule has 18 heavy (non-hydrogen) atoms. The van der Waals surface area contributed by atoms with E-state index < -0.39 is 0 Å². The summed E-state index contributed by atoms with van der Waals surface area (Å²) in [4.78, 5) is 12.9. The Kier molecular flexibility index (Phi) is 4.55. The highest BCUT2D eigenvalue weighted by Gasteiger charge is 2.14. The summed E-state index contributed by atoms with van der Waals surface area (Å²) in [7, 11) is 1.85. The Hall–Kier alpha value is -1.31. The minimum absolute atomic E-state index is 0.124. The molecule has 100 valence electrons. The zero-order valence-corrected chi connectivity index (χ0v) is 12.5. The Balaban J connectivity index is 2.78. The average Bonchev–Trinajstić information content (AvgIpc) is 2.25. The van der Waals surface area contributed by atoms with Crippen molar-refractivity contribution >= 4 is 5.91 Å². The molecule has 0 saturated carbocycles. The van der Waals surface area contributed by atoms with E-state index in [9.17, 15) is 4.79 Å². The fourth-order valence-electron chi connectivity index (χ4n) is 1.89. The smallest absolute Gasteiger partial charge is 0.219 e. The predicted molar refractivity (Wildman–Crippen MR) is 76.9 cm³/mol. The summed E-state index contributed by atoms with van der Waals surface area (Å²) in [6.07, 6.45) is 0.923. The van der Waals surface area contributed by atoms with E-state index in [0.717, 1.165) is 13.0 Å². The molecule has 0 aliphatic carbocycles. The Morgan fingerprint density at radius 2 is 1.89 bits per heavy atom. The highest BCUT2D eigenvalue weighted by Crippen LogP contribution is 2.24. The first kappa shape index (κ1) is 14.7. The van der Waals surface area contributed by atoms with Gasteiger partial charge >= 0.3 is 0 Å². The first-order valence-electron chi connectivity index (χ1n) is 6.53. The van der Waals surface area contributed by atoms with Crippen LogP contribution in [-0.4, -0.2) is 24.4 Å². The number of amides is 1. The quantitative estimate of drug-likeness (QED) is 0.802. The molecule has 0 radical (unpaired) electrons. The second-order valence-corrected chi connectivity index (χ2v) is 6.08. The molecule has 1 amide bonds. The van der Waals surface area contributed by atoms with Gasteiger partial charge in [-0.15, -0.1) is 0 Å². The van der Waals surface area contributed by atoms with Crippen LogP contribution in [0.3, 0.4) is 0 Å². The van der Waals surface area contributed by atoms with Gasteiger partial charge in [0.15, 0.2) is 0 Å². The van der Waals surface area contributed by atoms with E-state index in [1.807, 2.05) is 7.05 Å². The number of hydrogen-bond donors (Lipinski definition) is 0. The number of nitrogens with zero attached hydrogens (tertiary/aromatic N) is 1. The second-order valence-electron chi connectivity index (χ2n) is 6.08. The molecule has 0 atom stereocenters. The van der Waals surface area contributed by atoms with Gasteiger partial charge in [0.2, 0.25) is 5.91 Å². The third-order valence-corrected chi connectivity index (χ3v) is 3.46. The van der Waals surface area contributed by atoms with Crippen molar-refractivity contribution < 1.29 is 4.79 Å². The molecule has 0 saturated heterocycles. The molecule has 2 heteroatoms. The van der Waals surface area contributed by atoms with Crippen LogP contribution in [0.2, 0.25) is 0 Å². The number of hydrogen-bond acceptors (Lipinski definition) is 1. The van der Waals surface area contributed by atoms with Gasteiger partial charge in [-0.3, -0.25) is 4.79 Å². The average molecular weight is 247 g/mol. The van der Waals surface area contributed by atoms with Crippen LogP contribution in [0.1, 0.15) is 44.4 Å². The summed E-state index contributed by atoms with van der Waals surface area (Å²) >= 11 is 0. The number of aryl methyl sites for hydroxylation is 1. The van der Waals surface area contributed by atoms with Gasteiger partial charge in [-0.2, -0.15) is 0 Å². The molecule has 2 nitrogen and oxygen atoms in total. The molecular weight excluding hydrogens is 222 g/mol. The van der Waals surface area contributed by atoms with Crippen molar-refractivity contribution in [3.05, 3.63) is 34.9 Å². The largest absolute Gasteiger partial charge is 0.346 e. The second kappa shape index (κ2) is 5.55. The number of benzene rings is 1. The summed E-state index contributed by atoms with van der Waals surface area (Å²) in [5.41, 5.74) is 4.21. The maximum atomic E-state index is 11.2. The van der Waals surface area contributed by atoms with E-state index in [-0.39, 0.29) is 11.3 Å². The van der Waals surface area contributed by atoms with Gasteiger partial charge in [-0.1, -0.05) is 39.0 Å². The zero-order chi connectivity index (χ0) is 13.9. The molecule has 1 aromatic carbocycles. The van der Waals surface area contributed by atoms with Gasteiger partial charge < -0.3 is 4.90 Å². The Morgan fingerprint density at radius 3 is 2.33 bits per heavy atom. The first-order chi connectivity index (χ1) is 8.21. The minimum Gasteiger partial charge on any atom is -0.346 e. The van der Waals surface area contributed by atoms with Crippen molar-refractivity contribution in [3.63, 3.8) is 0 Å². The van der Waals surface area contributed by atoms with Crippen molar-refractivity contribution in [2.24, 2.45) is 0 Å². The molecule has 0 N–H and O–H groups in total. The van der Waals surface area contributed by atoms with Crippen LogP contribution < -0.4 is 0 Å². The van der Waals surface area contributed by atoms with Crippen molar-refractivity contribution in [1.29, 1.82) is 0 Å². The van der Waals surface area contributed by atoms with Gasteiger partial charge in [0.25, 0.3) is 0 Å². The van der Waals surface area contributed by atoms with E-state index >= 15 is 0 Å². The molecule has 0 unspecified atom stereocenters. The van der Waals surface area contributed by atoms with Crippen molar-refractivity contribution in [3.8, 4) is 0 Å². The summed E-state index contributed by atoms with van der Waals surface area (Å²) in [5, 5.41) is 0. The van der Waals surface area contributed by atoms with Crippen LogP contribution in [0.25, 0.3) is 0 Å². The van der Waals surface area contributed by atoms with Gasteiger partial charge in [0, 0.05) is 20.5 Å². The lowest BCUT2D eigenvalue weighted by Gasteiger charge is -2.21. The monoisotopic (exact) mass is 247 g/mol. The van der Waals surface area contributed by atoms with Crippen LogP contribution in [0.15, 0.2) is 18.2 Å². The molecule has 1 aromatic rings. The van der Waals surface area contributed by atoms with Gasteiger partial charge in [0.1, 0.15) is 0 Å². The van der Waals surface area contributed by atoms with Crippen molar-refractivity contribution in [2.45, 2.75) is 46.5 Å².